The lowest BCUT2D eigenvalue weighted by Crippen LogP contribution is -2.36. The molecule has 1 aromatic rings. The van der Waals surface area contributed by atoms with E-state index in [0.29, 0.717) is 6.04 Å². The Morgan fingerprint density at radius 1 is 1.12 bits per heavy atom. The molecule has 1 saturated carbocycles. The van der Waals surface area contributed by atoms with E-state index in [1.54, 1.807) is 0 Å². The average molecular weight is 219 g/mol. The number of likely N-dealkylation sites (tertiary alicyclic amines) is 1. The topological polar surface area (TPSA) is 31.9 Å². The van der Waals surface area contributed by atoms with Crippen LogP contribution in [0.5, 0.6) is 0 Å². The summed E-state index contributed by atoms with van der Waals surface area (Å²) in [4.78, 5) is 2.73. The van der Waals surface area contributed by atoms with Crippen molar-refractivity contribution >= 4 is 0 Å². The quantitative estimate of drug-likeness (QED) is 0.829. The first-order valence-electron chi connectivity index (χ1n) is 6.70. The molecule has 1 atom stereocenters. The van der Waals surface area contributed by atoms with Crippen LogP contribution in [0.1, 0.15) is 56.7 Å². The number of aromatic amines is 1. The number of hydrogen-bond acceptors (Lipinski definition) is 2. The van der Waals surface area contributed by atoms with Gasteiger partial charge in [0.15, 0.2) is 0 Å². The monoisotopic (exact) mass is 219 g/mol. The zero-order valence-corrected chi connectivity index (χ0v) is 9.86. The van der Waals surface area contributed by atoms with Crippen molar-refractivity contribution in [3.05, 3.63) is 18.0 Å². The molecule has 0 aromatic carbocycles. The second kappa shape index (κ2) is 4.58. The minimum Gasteiger partial charge on any atom is -0.292 e. The first-order valence-corrected chi connectivity index (χ1v) is 6.70. The highest BCUT2D eigenvalue weighted by Gasteiger charge is 2.32. The van der Waals surface area contributed by atoms with Gasteiger partial charge in [0.05, 0.1) is 11.7 Å². The molecule has 0 bridgehead atoms. The van der Waals surface area contributed by atoms with E-state index < -0.39 is 0 Å². The number of hydrogen-bond donors (Lipinski definition) is 1. The van der Waals surface area contributed by atoms with Crippen LogP contribution < -0.4 is 0 Å². The van der Waals surface area contributed by atoms with E-state index in [4.69, 9.17) is 0 Å². The molecule has 2 heterocycles. The fourth-order valence-electron chi connectivity index (χ4n) is 3.42. The average Bonchev–Trinajstić information content (AvgIpc) is 3.01. The van der Waals surface area contributed by atoms with Gasteiger partial charge in [-0.3, -0.25) is 10.00 Å². The SMILES string of the molecule is c1cc([C@@H]2CCCN2C2CCCCC2)[nH]n1. The maximum atomic E-state index is 4.09. The molecule has 1 aromatic heterocycles. The van der Waals surface area contributed by atoms with Gasteiger partial charge in [0.25, 0.3) is 0 Å². The van der Waals surface area contributed by atoms with Crippen molar-refractivity contribution in [2.75, 3.05) is 6.54 Å². The van der Waals surface area contributed by atoms with Crippen LogP contribution in [0.2, 0.25) is 0 Å². The molecule has 3 rings (SSSR count). The smallest absolute Gasteiger partial charge is 0.0523 e. The molecule has 2 aliphatic rings. The van der Waals surface area contributed by atoms with Gasteiger partial charge in [0, 0.05) is 12.2 Å². The first kappa shape index (κ1) is 10.3. The van der Waals surface area contributed by atoms with Crippen LogP contribution in [0.3, 0.4) is 0 Å². The molecular formula is C13H21N3. The zero-order valence-electron chi connectivity index (χ0n) is 9.86. The highest BCUT2D eigenvalue weighted by Crippen LogP contribution is 2.36. The van der Waals surface area contributed by atoms with Crippen molar-refractivity contribution in [2.24, 2.45) is 0 Å². The second-order valence-corrected chi connectivity index (χ2v) is 5.20. The van der Waals surface area contributed by atoms with Crippen molar-refractivity contribution < 1.29 is 0 Å². The molecule has 0 amide bonds. The van der Waals surface area contributed by atoms with Gasteiger partial charge in [-0.25, -0.2) is 0 Å². The van der Waals surface area contributed by atoms with E-state index in [1.807, 2.05) is 6.20 Å². The van der Waals surface area contributed by atoms with Crippen LogP contribution in [0.15, 0.2) is 12.3 Å². The van der Waals surface area contributed by atoms with Crippen molar-refractivity contribution in [1.82, 2.24) is 15.1 Å². The fourth-order valence-corrected chi connectivity index (χ4v) is 3.42. The number of nitrogens with one attached hydrogen (secondary N) is 1. The Bertz CT molecular complexity index is 314. The van der Waals surface area contributed by atoms with Gasteiger partial charge in [0.2, 0.25) is 0 Å². The molecular weight excluding hydrogens is 198 g/mol. The van der Waals surface area contributed by atoms with Gasteiger partial charge in [-0.2, -0.15) is 5.10 Å². The summed E-state index contributed by atoms with van der Waals surface area (Å²) >= 11 is 0. The first-order chi connectivity index (χ1) is 7.95. The standard InChI is InChI=1S/C13H21N3/c1-2-5-11(6-3-1)16-10-4-7-13(16)12-8-9-14-15-12/h8-9,11,13H,1-7,10H2,(H,14,15)/t13-/m0/s1. The van der Waals surface area contributed by atoms with Gasteiger partial charge in [-0.1, -0.05) is 19.3 Å². The zero-order chi connectivity index (χ0) is 10.8. The van der Waals surface area contributed by atoms with Crippen LogP contribution in [0, 0.1) is 0 Å². The van der Waals surface area contributed by atoms with Crippen molar-refractivity contribution in [1.29, 1.82) is 0 Å². The lowest BCUT2D eigenvalue weighted by molar-refractivity contribution is 0.140. The highest BCUT2D eigenvalue weighted by molar-refractivity contribution is 5.07. The van der Waals surface area contributed by atoms with Gasteiger partial charge in [-0.05, 0) is 38.3 Å². The molecule has 3 heteroatoms. The number of aromatic nitrogens is 2. The molecule has 1 saturated heterocycles. The fraction of sp³-hybridized carbons (Fsp3) is 0.769. The van der Waals surface area contributed by atoms with E-state index in [0.717, 1.165) is 6.04 Å². The van der Waals surface area contributed by atoms with Gasteiger partial charge < -0.3 is 0 Å². The van der Waals surface area contributed by atoms with Crippen LogP contribution in [0.25, 0.3) is 0 Å². The molecule has 0 radical (unpaired) electrons. The third kappa shape index (κ3) is 1.88. The molecule has 88 valence electrons. The summed E-state index contributed by atoms with van der Waals surface area (Å²) < 4.78 is 0. The third-order valence-electron chi connectivity index (χ3n) is 4.22. The van der Waals surface area contributed by atoms with E-state index in [2.05, 4.69) is 21.2 Å². The summed E-state index contributed by atoms with van der Waals surface area (Å²) in [5, 5.41) is 7.25. The van der Waals surface area contributed by atoms with Crippen LogP contribution in [0.4, 0.5) is 0 Å². The van der Waals surface area contributed by atoms with E-state index in [9.17, 15) is 0 Å². The second-order valence-electron chi connectivity index (χ2n) is 5.20. The van der Waals surface area contributed by atoms with Gasteiger partial charge in [-0.15, -0.1) is 0 Å². The van der Waals surface area contributed by atoms with E-state index >= 15 is 0 Å². The van der Waals surface area contributed by atoms with Crippen molar-refractivity contribution in [3.8, 4) is 0 Å². The molecule has 3 nitrogen and oxygen atoms in total. The minimum atomic E-state index is 0.616. The molecule has 0 spiro atoms. The maximum Gasteiger partial charge on any atom is 0.0523 e. The summed E-state index contributed by atoms with van der Waals surface area (Å²) in [5.41, 5.74) is 1.32. The molecule has 0 unspecified atom stereocenters. The molecule has 2 fully saturated rings. The molecule has 1 aliphatic heterocycles. The predicted octanol–water partition coefficient (Wildman–Crippen LogP) is 2.88. The third-order valence-corrected chi connectivity index (χ3v) is 4.22. The Labute approximate surface area is 97.2 Å². The Hall–Kier alpha value is -0.830. The molecule has 1 N–H and O–H groups in total. The summed E-state index contributed by atoms with van der Waals surface area (Å²) in [5.74, 6) is 0. The Balaban J connectivity index is 1.73. The summed E-state index contributed by atoms with van der Waals surface area (Å²) in [6.07, 6.45) is 11.6. The van der Waals surface area contributed by atoms with Crippen molar-refractivity contribution in [2.45, 2.75) is 57.0 Å². The Kier molecular flexibility index (Phi) is 2.96. The maximum absolute atomic E-state index is 4.09. The summed E-state index contributed by atoms with van der Waals surface area (Å²) in [7, 11) is 0. The number of rotatable bonds is 2. The van der Waals surface area contributed by atoms with Crippen LogP contribution in [-0.2, 0) is 0 Å². The summed E-state index contributed by atoms with van der Waals surface area (Å²) in [6.45, 7) is 1.29. The number of H-pyrrole nitrogens is 1. The minimum absolute atomic E-state index is 0.616. The number of nitrogens with zero attached hydrogens (tertiary/aromatic N) is 2. The predicted molar refractivity (Wildman–Crippen MR) is 64.1 cm³/mol. The highest BCUT2D eigenvalue weighted by atomic mass is 15.2. The molecule has 16 heavy (non-hydrogen) atoms. The lowest BCUT2D eigenvalue weighted by Gasteiger charge is -2.35. The largest absolute Gasteiger partial charge is 0.292 e. The lowest BCUT2D eigenvalue weighted by atomic mass is 9.93. The van der Waals surface area contributed by atoms with Crippen molar-refractivity contribution in [3.63, 3.8) is 0 Å². The van der Waals surface area contributed by atoms with Crippen LogP contribution >= 0.6 is 0 Å². The Morgan fingerprint density at radius 2 is 2.00 bits per heavy atom. The van der Waals surface area contributed by atoms with Gasteiger partial charge in [0.1, 0.15) is 0 Å². The summed E-state index contributed by atoms with van der Waals surface area (Å²) in [6, 6.07) is 3.60. The van der Waals surface area contributed by atoms with E-state index in [1.165, 1.54) is 57.2 Å². The van der Waals surface area contributed by atoms with E-state index in [-0.39, 0.29) is 0 Å². The van der Waals surface area contributed by atoms with Crippen LogP contribution in [-0.4, -0.2) is 27.7 Å². The molecule has 1 aliphatic carbocycles. The van der Waals surface area contributed by atoms with Gasteiger partial charge >= 0.3 is 0 Å². The Morgan fingerprint density at radius 3 is 2.75 bits per heavy atom. The normalized spacial score (nSPS) is 28.6.